The number of nitrogens with zero attached hydrogens (tertiary/aromatic N) is 3. The maximum absolute atomic E-state index is 8.47. The van der Waals surface area contributed by atoms with E-state index in [-0.39, 0.29) is 73.7 Å². The Labute approximate surface area is 135 Å². The van der Waals surface area contributed by atoms with Crippen molar-refractivity contribution in [2.75, 3.05) is 0 Å². The van der Waals surface area contributed by atoms with Crippen LogP contribution in [0.25, 0.3) is 0 Å². The molecule has 0 rings (SSSR count). The van der Waals surface area contributed by atoms with Crippen LogP contribution in [0.2, 0.25) is 0 Å². The molecule has 0 aliphatic carbocycles. The summed E-state index contributed by atoms with van der Waals surface area (Å²) in [5, 5.41) is 37.6. The van der Waals surface area contributed by atoms with Crippen molar-refractivity contribution in [3.8, 4) is 0 Å². The van der Waals surface area contributed by atoms with E-state index in [4.69, 9.17) is 46.0 Å². The second-order valence-corrected chi connectivity index (χ2v) is 0.758. The first-order chi connectivity index (χ1) is 5.20. The molecule has 0 aromatic heterocycles. The Kier molecular flexibility index (Phi) is 304. The average Bonchev–Trinajstić information content (AvgIpc) is 1.54. The van der Waals surface area contributed by atoms with Crippen molar-refractivity contribution in [2.24, 2.45) is 0 Å². The van der Waals surface area contributed by atoms with E-state index in [9.17, 15) is 0 Å². The smallest absolute Gasteiger partial charge is 0.412 e. The van der Waals surface area contributed by atoms with Crippen LogP contribution in [0.1, 0.15) is 0 Å². The van der Waals surface area contributed by atoms with E-state index in [0.717, 1.165) is 0 Å². The Morgan fingerprint density at radius 3 is 0.421 bits per heavy atom. The van der Waals surface area contributed by atoms with Gasteiger partial charge in [0.25, 0.3) is 0 Å². The molecule has 0 aliphatic heterocycles. The van der Waals surface area contributed by atoms with Crippen molar-refractivity contribution in [1.29, 1.82) is 0 Å². The number of hydrogen-bond donors (Lipinski definition) is 6. The van der Waals surface area contributed by atoms with Crippen molar-refractivity contribution in [1.82, 2.24) is 0 Å². The van der Waals surface area contributed by atoms with Gasteiger partial charge in [-0.3, -0.25) is 0 Å². The Balaban J connectivity index is -0.00000000675. The SMILES string of the molecule is O.O.O.O.O.O.O=[N+](O)O.O=[N+](O)O.O=[N+](O)O.[Nd]. The zero-order valence-corrected chi connectivity index (χ0v) is 12.0. The maximum Gasteiger partial charge on any atom is 0.472 e. The van der Waals surface area contributed by atoms with Crippen LogP contribution in [0.15, 0.2) is 0 Å². The molecule has 18 N–H and O–H groups in total. The zero-order valence-electron chi connectivity index (χ0n) is 8.75. The van der Waals surface area contributed by atoms with Crippen molar-refractivity contribution in [3.05, 3.63) is 14.7 Å². The summed E-state index contributed by atoms with van der Waals surface area (Å²) in [6.07, 6.45) is 0. The topological polar surface area (TPSA) is 371 Å². The van der Waals surface area contributed by atoms with E-state index >= 15 is 0 Å². The van der Waals surface area contributed by atoms with E-state index in [0.29, 0.717) is 0 Å². The van der Waals surface area contributed by atoms with Crippen LogP contribution in [0.5, 0.6) is 0 Å². The predicted octanol–water partition coefficient (Wildman–Crippen LogP) is -6.32. The van der Waals surface area contributed by atoms with Crippen LogP contribution >= 0.6 is 0 Å². The molecule has 0 aromatic carbocycles. The quantitative estimate of drug-likeness (QED) is 0.193. The van der Waals surface area contributed by atoms with Gasteiger partial charge in [0.1, 0.15) is 14.7 Å². The van der Waals surface area contributed by atoms with Gasteiger partial charge in [-0.2, -0.15) is 0 Å². The summed E-state index contributed by atoms with van der Waals surface area (Å²) < 4.78 is 0. The monoisotopic (exact) mass is 442 g/mol. The molecule has 0 saturated carbocycles. The molecule has 18 nitrogen and oxygen atoms in total. The first-order valence-corrected chi connectivity index (χ1v) is 1.75. The van der Waals surface area contributed by atoms with Crippen LogP contribution < -0.4 is 0 Å². The minimum Gasteiger partial charge on any atom is -0.412 e. The van der Waals surface area contributed by atoms with Crippen LogP contribution in [-0.2, 0) is 0 Å². The van der Waals surface area contributed by atoms with Crippen LogP contribution in [-0.4, -0.2) is 79.4 Å². The molecule has 124 valence electrons. The second-order valence-electron chi connectivity index (χ2n) is 0.758. The minimum absolute atomic E-state index is 0. The maximum atomic E-state index is 8.47. The minimum atomic E-state index is -1.25. The molecular weight excluding hydrogens is 426 g/mol. The zero-order chi connectivity index (χ0) is 10.7. The molecule has 0 bridgehead atoms. The third-order valence-corrected chi connectivity index (χ3v) is 0. The van der Waals surface area contributed by atoms with Gasteiger partial charge in [0.15, 0.2) is 0 Å². The Morgan fingerprint density at radius 2 is 0.421 bits per heavy atom. The van der Waals surface area contributed by atoms with Gasteiger partial charge >= 0.3 is 15.3 Å². The fraction of sp³-hybridized carbons (Fsp3) is 0. The summed E-state index contributed by atoms with van der Waals surface area (Å²) in [5.74, 6) is 0. The number of hydrogen-bond acceptors (Lipinski definition) is 3. The molecule has 0 atom stereocenters. The molecule has 0 aromatic rings. The van der Waals surface area contributed by atoms with Crippen LogP contribution in [0.4, 0.5) is 0 Å². The standard InChI is InChI=1S/3H2NO3.Nd.6H2O/c3*2-1(3)4;;;;;;;/h3*(H2,2,3,4);;6*1H2/q3*+1;;;;;;;. The Hall–Kier alpha value is -1.29. The summed E-state index contributed by atoms with van der Waals surface area (Å²) in [7, 11) is 0. The molecule has 19 heteroatoms. The molecule has 0 amide bonds. The van der Waals surface area contributed by atoms with E-state index in [2.05, 4.69) is 0 Å². The van der Waals surface area contributed by atoms with Crippen molar-refractivity contribution < 1.29 is 120 Å². The van der Waals surface area contributed by atoms with E-state index in [1.54, 1.807) is 0 Å². The van der Waals surface area contributed by atoms with Gasteiger partial charge in [-0.25, -0.2) is 31.2 Å². The van der Waals surface area contributed by atoms with E-state index < -0.39 is 15.3 Å². The summed E-state index contributed by atoms with van der Waals surface area (Å²) in [5.41, 5.74) is 0. The Bertz CT molecular complexity index is 115. The van der Waals surface area contributed by atoms with Gasteiger partial charge in [0.05, 0.1) is 0 Å². The van der Waals surface area contributed by atoms with Gasteiger partial charge in [0, 0.05) is 40.8 Å². The van der Waals surface area contributed by atoms with E-state index in [1.807, 2.05) is 0 Å². The van der Waals surface area contributed by atoms with Crippen molar-refractivity contribution >= 4 is 0 Å². The molecule has 0 saturated heterocycles. The largest absolute Gasteiger partial charge is 0.472 e. The number of rotatable bonds is 0. The third-order valence-electron chi connectivity index (χ3n) is 0. The van der Waals surface area contributed by atoms with Crippen molar-refractivity contribution in [2.45, 2.75) is 0 Å². The van der Waals surface area contributed by atoms with E-state index in [1.165, 1.54) is 0 Å². The molecule has 0 fully saturated rings. The van der Waals surface area contributed by atoms with Gasteiger partial charge in [-0.05, 0) is 0 Å². The molecule has 0 aliphatic rings. The molecule has 0 unspecified atom stereocenters. The molecule has 0 heterocycles. The Morgan fingerprint density at radius 1 is 0.421 bits per heavy atom. The van der Waals surface area contributed by atoms with Gasteiger partial charge in [0.2, 0.25) is 0 Å². The molecule has 0 spiro atoms. The summed E-state index contributed by atoms with van der Waals surface area (Å²) >= 11 is 0. The van der Waals surface area contributed by atoms with Crippen LogP contribution in [0.3, 0.4) is 0 Å². The fourth-order valence-electron chi connectivity index (χ4n) is 0. The van der Waals surface area contributed by atoms with Gasteiger partial charge in [-0.15, -0.1) is 0 Å². The predicted molar refractivity (Wildman–Crippen MR) is 43.3 cm³/mol. The van der Waals surface area contributed by atoms with Crippen LogP contribution in [0, 0.1) is 55.6 Å². The summed E-state index contributed by atoms with van der Waals surface area (Å²) in [4.78, 5) is 25.4. The first-order valence-electron chi connectivity index (χ1n) is 1.75. The average molecular weight is 444 g/mol. The van der Waals surface area contributed by atoms with Crippen molar-refractivity contribution in [3.63, 3.8) is 0 Å². The molecule has 19 heavy (non-hydrogen) atoms. The third kappa shape index (κ3) is 2180. The first kappa shape index (κ1) is 83.2. The fourth-order valence-corrected chi connectivity index (χ4v) is 0. The summed E-state index contributed by atoms with van der Waals surface area (Å²) in [6, 6.07) is 0. The van der Waals surface area contributed by atoms with Gasteiger partial charge in [-0.1, -0.05) is 0 Å². The summed E-state index contributed by atoms with van der Waals surface area (Å²) in [6.45, 7) is 0. The molecule has 0 radical (unpaired) electrons. The van der Waals surface area contributed by atoms with Gasteiger partial charge < -0.3 is 32.9 Å². The normalized spacial score (nSPS) is 3.79. The molecular formula is H18N3NdO15+3. The second kappa shape index (κ2) is 69.4.